The van der Waals surface area contributed by atoms with Crippen LogP contribution in [-0.4, -0.2) is 45.4 Å². The van der Waals surface area contributed by atoms with Gasteiger partial charge in [-0.1, -0.05) is 36.4 Å². The van der Waals surface area contributed by atoms with E-state index in [0.29, 0.717) is 18.9 Å². The number of anilines is 1. The van der Waals surface area contributed by atoms with E-state index >= 15 is 0 Å². The molecule has 2 aliphatic rings. The maximum absolute atomic E-state index is 12.8. The van der Waals surface area contributed by atoms with Crippen LogP contribution in [-0.2, 0) is 24.2 Å². The van der Waals surface area contributed by atoms with Crippen molar-refractivity contribution in [1.29, 1.82) is 0 Å². The highest BCUT2D eigenvalue weighted by Gasteiger charge is 2.33. The van der Waals surface area contributed by atoms with Crippen molar-refractivity contribution >= 4 is 11.7 Å². The molecule has 1 saturated heterocycles. The van der Waals surface area contributed by atoms with Crippen molar-refractivity contribution in [3.05, 3.63) is 83.1 Å². The third kappa shape index (κ3) is 4.96. The molecule has 0 radical (unpaired) electrons. The van der Waals surface area contributed by atoms with Gasteiger partial charge >= 0.3 is 0 Å². The van der Waals surface area contributed by atoms with Gasteiger partial charge in [0.05, 0.1) is 6.42 Å². The minimum atomic E-state index is 0.148. The summed E-state index contributed by atoms with van der Waals surface area (Å²) in [5, 5.41) is 0. The number of piperidine rings is 1. The van der Waals surface area contributed by atoms with Crippen LogP contribution in [0.2, 0.25) is 0 Å². The molecule has 0 saturated carbocycles. The zero-order valence-corrected chi connectivity index (χ0v) is 19.3. The zero-order valence-electron chi connectivity index (χ0n) is 19.3. The van der Waals surface area contributed by atoms with Crippen molar-refractivity contribution in [2.75, 3.05) is 24.5 Å². The van der Waals surface area contributed by atoms with Gasteiger partial charge in [0.25, 0.3) is 0 Å². The first kappa shape index (κ1) is 21.7. The highest BCUT2D eigenvalue weighted by Crippen LogP contribution is 2.33. The molecule has 1 atom stereocenters. The van der Waals surface area contributed by atoms with Crippen LogP contribution in [0.3, 0.4) is 0 Å². The summed E-state index contributed by atoms with van der Waals surface area (Å²) >= 11 is 0. The average molecular weight is 442 g/mol. The Morgan fingerprint density at radius 3 is 2.73 bits per heavy atom. The quantitative estimate of drug-likeness (QED) is 0.553. The minimum Gasteiger partial charge on any atom is -0.298 e. The van der Waals surface area contributed by atoms with Crippen LogP contribution in [0, 0.1) is 6.92 Å². The molecule has 0 N–H and O–H groups in total. The lowest BCUT2D eigenvalue weighted by atomic mass is 9.96. The van der Waals surface area contributed by atoms with Crippen molar-refractivity contribution in [3.63, 3.8) is 0 Å². The average Bonchev–Trinajstić information content (AvgIpc) is 3.16. The summed E-state index contributed by atoms with van der Waals surface area (Å²) < 4.78 is 0. The Morgan fingerprint density at radius 2 is 1.91 bits per heavy atom. The number of nitrogens with zero attached hydrogens (tertiary/aromatic N) is 5. The van der Waals surface area contributed by atoms with Crippen molar-refractivity contribution in [2.24, 2.45) is 0 Å². The topological polar surface area (TPSA) is 62.2 Å². The van der Waals surface area contributed by atoms with E-state index in [1.807, 2.05) is 36.4 Å². The molecule has 1 amide bonds. The monoisotopic (exact) mass is 441 g/mol. The lowest BCUT2D eigenvalue weighted by Crippen LogP contribution is -2.35. The van der Waals surface area contributed by atoms with Crippen LogP contribution in [0.25, 0.3) is 0 Å². The first-order valence-electron chi connectivity index (χ1n) is 12.0. The van der Waals surface area contributed by atoms with Gasteiger partial charge < -0.3 is 0 Å². The molecule has 5 rings (SSSR count). The number of fused-ring (bicyclic) bond motifs is 1. The number of rotatable bonds is 7. The summed E-state index contributed by atoms with van der Waals surface area (Å²) in [6.07, 6.45) is 8.28. The summed E-state index contributed by atoms with van der Waals surface area (Å²) in [7, 11) is 0. The molecule has 1 aromatic carbocycles. The second kappa shape index (κ2) is 9.79. The van der Waals surface area contributed by atoms with Crippen LogP contribution in [0.5, 0.6) is 0 Å². The maximum Gasteiger partial charge on any atom is 0.232 e. The number of carbonyl (C=O) groups is 1. The Labute approximate surface area is 195 Å². The van der Waals surface area contributed by atoms with Crippen molar-refractivity contribution in [1.82, 2.24) is 19.9 Å². The van der Waals surface area contributed by atoms with Gasteiger partial charge in [-0.2, -0.15) is 0 Å². The molecule has 6 nitrogen and oxygen atoms in total. The van der Waals surface area contributed by atoms with Crippen LogP contribution in [0.4, 0.5) is 5.82 Å². The molecule has 6 heteroatoms. The molecule has 0 aliphatic carbocycles. The van der Waals surface area contributed by atoms with Gasteiger partial charge in [-0.05, 0) is 56.3 Å². The number of hydrogen-bond donors (Lipinski definition) is 0. The summed E-state index contributed by atoms with van der Waals surface area (Å²) in [6.45, 7) is 5.66. The highest BCUT2D eigenvalue weighted by molar-refractivity contribution is 6.00. The lowest BCUT2D eigenvalue weighted by molar-refractivity contribution is -0.117. The predicted molar refractivity (Wildman–Crippen MR) is 129 cm³/mol. The summed E-state index contributed by atoms with van der Waals surface area (Å²) in [5.41, 5.74) is 4.50. The van der Waals surface area contributed by atoms with Crippen LogP contribution in [0.1, 0.15) is 53.4 Å². The number of likely N-dealkylation sites (tertiary alicyclic amines) is 1. The van der Waals surface area contributed by atoms with Crippen LogP contribution < -0.4 is 4.90 Å². The minimum absolute atomic E-state index is 0.148. The number of aromatic nitrogens is 3. The Hall–Kier alpha value is -3.12. The van der Waals surface area contributed by atoms with Gasteiger partial charge in [0, 0.05) is 49.2 Å². The fourth-order valence-corrected chi connectivity index (χ4v) is 5.06. The third-order valence-electron chi connectivity index (χ3n) is 6.78. The van der Waals surface area contributed by atoms with Gasteiger partial charge in [0.1, 0.15) is 11.6 Å². The van der Waals surface area contributed by atoms with Crippen LogP contribution in [0.15, 0.2) is 54.9 Å². The predicted octanol–water partition coefficient (Wildman–Crippen LogP) is 4.08. The first-order valence-corrected chi connectivity index (χ1v) is 12.0. The molecule has 3 aromatic rings. The Balaban J connectivity index is 1.30. The largest absolute Gasteiger partial charge is 0.298 e. The molecule has 1 fully saturated rings. The third-order valence-corrected chi connectivity index (χ3v) is 6.78. The smallest absolute Gasteiger partial charge is 0.232 e. The maximum atomic E-state index is 12.8. The van der Waals surface area contributed by atoms with Gasteiger partial charge in [-0.3, -0.25) is 19.6 Å². The van der Waals surface area contributed by atoms with Gasteiger partial charge in [0.2, 0.25) is 5.91 Å². The summed E-state index contributed by atoms with van der Waals surface area (Å²) in [4.78, 5) is 31.3. The standard InChI is InChI=1S/C27H31N5O/c1-20-24-16-25(33)32(15-6-11-21-8-3-2-4-9-21)27(24)30-26(29-20)23-12-7-14-31(19-23)18-22-10-5-13-28-17-22/h2-5,8-10,13,17,23H,6-7,11-12,14-16,18-19H2,1H3. The number of hydrogen-bond acceptors (Lipinski definition) is 5. The number of carbonyl (C=O) groups excluding carboxylic acids is 1. The molecule has 0 spiro atoms. The molecule has 2 aliphatic heterocycles. The Kier molecular flexibility index (Phi) is 6.44. The van der Waals surface area contributed by atoms with E-state index in [2.05, 4.69) is 40.2 Å². The van der Waals surface area contributed by atoms with E-state index in [1.165, 1.54) is 11.1 Å². The zero-order chi connectivity index (χ0) is 22.6. The van der Waals surface area contributed by atoms with Crippen LogP contribution >= 0.6 is 0 Å². The van der Waals surface area contributed by atoms with E-state index in [1.54, 1.807) is 0 Å². The van der Waals surface area contributed by atoms with Gasteiger partial charge in [-0.15, -0.1) is 0 Å². The normalized spacial score (nSPS) is 18.5. The molecular formula is C27H31N5O. The molecule has 2 aromatic heterocycles. The highest BCUT2D eigenvalue weighted by atomic mass is 16.2. The van der Waals surface area contributed by atoms with E-state index in [0.717, 1.165) is 68.2 Å². The molecular weight excluding hydrogens is 410 g/mol. The van der Waals surface area contributed by atoms with E-state index in [9.17, 15) is 4.79 Å². The lowest BCUT2D eigenvalue weighted by Gasteiger charge is -2.32. The van der Waals surface area contributed by atoms with Gasteiger partial charge in [-0.25, -0.2) is 9.97 Å². The SMILES string of the molecule is Cc1nc(C2CCCN(Cc3cccnc3)C2)nc2c1CC(=O)N2CCCc1ccccc1. The summed E-state index contributed by atoms with van der Waals surface area (Å²) in [6, 6.07) is 14.6. The molecule has 1 unspecified atom stereocenters. The second-order valence-electron chi connectivity index (χ2n) is 9.22. The summed E-state index contributed by atoms with van der Waals surface area (Å²) in [5.74, 6) is 2.18. The molecule has 33 heavy (non-hydrogen) atoms. The number of pyridine rings is 1. The number of amides is 1. The van der Waals surface area contributed by atoms with Crippen molar-refractivity contribution in [3.8, 4) is 0 Å². The first-order chi connectivity index (χ1) is 16.2. The van der Waals surface area contributed by atoms with E-state index < -0.39 is 0 Å². The Morgan fingerprint density at radius 1 is 1.06 bits per heavy atom. The molecule has 170 valence electrons. The van der Waals surface area contributed by atoms with E-state index in [-0.39, 0.29) is 5.91 Å². The van der Waals surface area contributed by atoms with E-state index in [4.69, 9.17) is 9.97 Å². The molecule has 4 heterocycles. The Bertz CT molecular complexity index is 1100. The van der Waals surface area contributed by atoms with Crippen molar-refractivity contribution in [2.45, 2.75) is 51.5 Å². The fourth-order valence-electron chi connectivity index (χ4n) is 5.06. The molecule has 0 bridgehead atoms. The second-order valence-corrected chi connectivity index (χ2v) is 9.22. The fraction of sp³-hybridized carbons (Fsp3) is 0.407. The number of benzene rings is 1. The number of aryl methyl sites for hydroxylation is 2. The van der Waals surface area contributed by atoms with Gasteiger partial charge in [0.15, 0.2) is 0 Å². The van der Waals surface area contributed by atoms with Crippen molar-refractivity contribution < 1.29 is 4.79 Å².